The largest absolute Gasteiger partial charge is 0.395 e. The summed E-state index contributed by atoms with van der Waals surface area (Å²) in [6.45, 7) is 3.95. The van der Waals surface area contributed by atoms with E-state index in [4.69, 9.17) is 5.11 Å². The Morgan fingerprint density at radius 3 is 2.77 bits per heavy atom. The summed E-state index contributed by atoms with van der Waals surface area (Å²) in [6, 6.07) is 0. The number of aryl methyl sites for hydroxylation is 2. The summed E-state index contributed by atoms with van der Waals surface area (Å²) < 4.78 is 0. The van der Waals surface area contributed by atoms with Crippen molar-refractivity contribution in [2.75, 3.05) is 13.2 Å². The van der Waals surface area contributed by atoms with Crippen LogP contribution in [0.3, 0.4) is 0 Å². The minimum atomic E-state index is -0.212. The number of aliphatic hydroxyl groups excluding tert-OH is 1. The molecule has 0 unspecified atom stereocenters. The van der Waals surface area contributed by atoms with Crippen LogP contribution in [0.25, 0.3) is 0 Å². The van der Waals surface area contributed by atoms with E-state index in [1.54, 1.807) is 0 Å². The zero-order valence-electron chi connectivity index (χ0n) is 7.63. The van der Waals surface area contributed by atoms with Crippen LogP contribution in [0.15, 0.2) is 0 Å². The molecule has 0 spiro atoms. The van der Waals surface area contributed by atoms with Crippen LogP contribution in [-0.4, -0.2) is 29.1 Å². The molecule has 2 N–H and O–H groups in total. The normalized spacial score (nSPS) is 10.1. The second kappa shape index (κ2) is 4.34. The van der Waals surface area contributed by atoms with Gasteiger partial charge in [-0.25, -0.2) is 4.98 Å². The highest BCUT2D eigenvalue weighted by molar-refractivity contribution is 7.11. The van der Waals surface area contributed by atoms with E-state index >= 15 is 0 Å². The van der Waals surface area contributed by atoms with Crippen molar-refractivity contribution in [1.29, 1.82) is 0 Å². The lowest BCUT2D eigenvalue weighted by Gasteiger charge is -1.99. The van der Waals surface area contributed by atoms with Gasteiger partial charge in [-0.2, -0.15) is 0 Å². The van der Waals surface area contributed by atoms with Crippen molar-refractivity contribution in [3.8, 4) is 0 Å². The number of hydrogen-bond acceptors (Lipinski definition) is 4. The van der Waals surface area contributed by atoms with Gasteiger partial charge in [-0.3, -0.25) is 4.79 Å². The number of nitrogens with zero attached hydrogens (tertiary/aromatic N) is 1. The number of carbonyl (C=O) groups is 1. The summed E-state index contributed by atoms with van der Waals surface area (Å²) >= 11 is 1.50. The molecule has 0 aromatic carbocycles. The van der Waals surface area contributed by atoms with Crippen LogP contribution in [0.4, 0.5) is 0 Å². The van der Waals surface area contributed by atoms with E-state index in [1.165, 1.54) is 11.3 Å². The molecule has 0 aliphatic carbocycles. The Morgan fingerprint density at radius 1 is 1.62 bits per heavy atom. The number of rotatable bonds is 3. The number of thiazole rings is 1. The van der Waals surface area contributed by atoms with Crippen LogP contribution in [0, 0.1) is 13.8 Å². The summed E-state index contributed by atoms with van der Waals surface area (Å²) in [5.41, 5.74) is 0.468. The Balaban J connectivity index is 2.70. The van der Waals surface area contributed by atoms with Crippen molar-refractivity contribution in [2.24, 2.45) is 0 Å². The van der Waals surface area contributed by atoms with E-state index in [0.29, 0.717) is 5.69 Å². The minimum absolute atomic E-state index is 0.0477. The molecule has 0 fully saturated rings. The predicted octanol–water partition coefficient (Wildman–Crippen LogP) is 0.482. The van der Waals surface area contributed by atoms with Crippen molar-refractivity contribution >= 4 is 17.2 Å². The van der Waals surface area contributed by atoms with E-state index in [2.05, 4.69) is 10.3 Å². The topological polar surface area (TPSA) is 62.2 Å². The van der Waals surface area contributed by atoms with Crippen LogP contribution in [-0.2, 0) is 0 Å². The summed E-state index contributed by atoms with van der Waals surface area (Å²) in [5.74, 6) is -0.212. The molecule has 72 valence electrons. The highest BCUT2D eigenvalue weighted by atomic mass is 32.1. The monoisotopic (exact) mass is 200 g/mol. The Bertz CT molecular complexity index is 309. The molecule has 1 rings (SSSR count). The number of hydrogen-bond donors (Lipinski definition) is 2. The third kappa shape index (κ3) is 2.50. The molecule has 5 heteroatoms. The molecule has 0 bridgehead atoms. The molecular weight excluding hydrogens is 188 g/mol. The first-order valence-corrected chi connectivity index (χ1v) is 4.80. The second-order valence-corrected chi connectivity index (χ2v) is 4.02. The lowest BCUT2D eigenvalue weighted by atomic mass is 10.3. The first kappa shape index (κ1) is 10.1. The van der Waals surface area contributed by atoms with Gasteiger partial charge in [0, 0.05) is 11.4 Å². The quantitative estimate of drug-likeness (QED) is 0.746. The Hall–Kier alpha value is -0.940. The van der Waals surface area contributed by atoms with Gasteiger partial charge in [0.1, 0.15) is 5.69 Å². The van der Waals surface area contributed by atoms with Crippen molar-refractivity contribution in [1.82, 2.24) is 10.3 Å². The van der Waals surface area contributed by atoms with Gasteiger partial charge in [0.2, 0.25) is 0 Å². The van der Waals surface area contributed by atoms with Crippen LogP contribution in [0.1, 0.15) is 20.4 Å². The summed E-state index contributed by atoms with van der Waals surface area (Å²) in [6.07, 6.45) is 0. The van der Waals surface area contributed by atoms with Gasteiger partial charge in [-0.1, -0.05) is 0 Å². The predicted molar refractivity (Wildman–Crippen MR) is 51.0 cm³/mol. The van der Waals surface area contributed by atoms with Crippen LogP contribution in [0.2, 0.25) is 0 Å². The summed E-state index contributed by atoms with van der Waals surface area (Å²) in [7, 11) is 0. The van der Waals surface area contributed by atoms with Gasteiger partial charge in [-0.15, -0.1) is 11.3 Å². The Morgan fingerprint density at radius 2 is 2.31 bits per heavy atom. The molecule has 4 nitrogen and oxygen atoms in total. The Kier molecular flexibility index (Phi) is 3.39. The van der Waals surface area contributed by atoms with Crippen molar-refractivity contribution in [3.05, 3.63) is 15.6 Å². The molecule has 1 amide bonds. The number of aliphatic hydroxyl groups is 1. The molecule has 0 saturated carbocycles. The molecule has 0 atom stereocenters. The maximum absolute atomic E-state index is 11.4. The van der Waals surface area contributed by atoms with E-state index in [0.717, 1.165) is 9.88 Å². The molecule has 13 heavy (non-hydrogen) atoms. The third-order valence-electron chi connectivity index (χ3n) is 1.52. The lowest BCUT2D eigenvalue weighted by molar-refractivity contribution is 0.0940. The first-order valence-electron chi connectivity index (χ1n) is 3.98. The van der Waals surface area contributed by atoms with E-state index < -0.39 is 0 Å². The van der Waals surface area contributed by atoms with E-state index in [1.807, 2.05) is 13.8 Å². The highest BCUT2D eigenvalue weighted by Crippen LogP contribution is 2.15. The fraction of sp³-hybridized carbons (Fsp3) is 0.500. The number of amides is 1. The molecule has 1 aromatic rings. The van der Waals surface area contributed by atoms with Gasteiger partial charge in [0.25, 0.3) is 5.91 Å². The van der Waals surface area contributed by atoms with Gasteiger partial charge < -0.3 is 10.4 Å². The molecular formula is C8H12N2O2S. The van der Waals surface area contributed by atoms with Crippen molar-refractivity contribution in [3.63, 3.8) is 0 Å². The molecule has 1 aromatic heterocycles. The standard InChI is InChI=1S/C8H12N2O2S/c1-5-7(10-6(2)13-5)8(12)9-3-4-11/h11H,3-4H2,1-2H3,(H,9,12). The second-order valence-electron chi connectivity index (χ2n) is 2.62. The van der Waals surface area contributed by atoms with Gasteiger partial charge in [0.15, 0.2) is 0 Å². The maximum atomic E-state index is 11.4. The van der Waals surface area contributed by atoms with Crippen molar-refractivity contribution < 1.29 is 9.90 Å². The third-order valence-corrected chi connectivity index (χ3v) is 2.40. The fourth-order valence-corrected chi connectivity index (χ4v) is 1.81. The van der Waals surface area contributed by atoms with Crippen LogP contribution in [0.5, 0.6) is 0 Å². The van der Waals surface area contributed by atoms with Crippen LogP contribution >= 0.6 is 11.3 Å². The summed E-state index contributed by atoms with van der Waals surface area (Å²) in [5, 5.41) is 11.9. The average Bonchev–Trinajstić information content (AvgIpc) is 2.41. The smallest absolute Gasteiger partial charge is 0.271 e. The first-order chi connectivity index (χ1) is 6.15. The van der Waals surface area contributed by atoms with Crippen LogP contribution < -0.4 is 5.32 Å². The molecule has 0 aliphatic heterocycles. The van der Waals surface area contributed by atoms with Gasteiger partial charge in [0.05, 0.1) is 11.6 Å². The van der Waals surface area contributed by atoms with E-state index in [-0.39, 0.29) is 19.1 Å². The average molecular weight is 200 g/mol. The zero-order chi connectivity index (χ0) is 9.84. The van der Waals surface area contributed by atoms with Gasteiger partial charge >= 0.3 is 0 Å². The molecule has 0 radical (unpaired) electrons. The molecule has 0 saturated heterocycles. The number of carbonyl (C=O) groups excluding carboxylic acids is 1. The lowest BCUT2D eigenvalue weighted by Crippen LogP contribution is -2.27. The molecule has 1 heterocycles. The van der Waals surface area contributed by atoms with Crippen molar-refractivity contribution in [2.45, 2.75) is 13.8 Å². The molecule has 0 aliphatic rings. The number of aromatic nitrogens is 1. The number of nitrogens with one attached hydrogen (secondary N) is 1. The zero-order valence-corrected chi connectivity index (χ0v) is 8.44. The highest BCUT2D eigenvalue weighted by Gasteiger charge is 2.12. The summed E-state index contributed by atoms with van der Waals surface area (Å²) in [4.78, 5) is 16.4. The maximum Gasteiger partial charge on any atom is 0.271 e. The fourth-order valence-electron chi connectivity index (χ4n) is 0.993. The minimum Gasteiger partial charge on any atom is -0.395 e. The SMILES string of the molecule is Cc1nc(C(=O)NCCO)c(C)s1. The Labute approximate surface area is 80.6 Å². The van der Waals surface area contributed by atoms with Gasteiger partial charge in [-0.05, 0) is 13.8 Å². The van der Waals surface area contributed by atoms with E-state index in [9.17, 15) is 4.79 Å².